The number of aryl methyl sites for hydroxylation is 1. The van der Waals surface area contributed by atoms with Crippen LogP contribution in [0, 0.1) is 6.92 Å². The van der Waals surface area contributed by atoms with Crippen LogP contribution >= 0.6 is 0 Å². The van der Waals surface area contributed by atoms with E-state index in [1.54, 1.807) is 12.1 Å². The average Bonchev–Trinajstić information content (AvgIpc) is 2.68. The Morgan fingerprint density at radius 3 is 2.12 bits per heavy atom. The summed E-state index contributed by atoms with van der Waals surface area (Å²) in [4.78, 5) is 24.0. The molecule has 0 aliphatic carbocycles. The molecule has 1 N–H and O–H groups in total. The number of nitrogens with zero attached hydrogens (tertiary/aromatic N) is 1. The molecular weight excluding hydrogens is 332 g/mol. The molecule has 0 aromatic heterocycles. The first-order valence-electron chi connectivity index (χ1n) is 8.21. The topological polar surface area (TPSA) is 77.0 Å². The molecule has 0 saturated heterocycles. The fourth-order valence-corrected chi connectivity index (χ4v) is 2.49. The van der Waals surface area contributed by atoms with Crippen molar-refractivity contribution in [3.63, 3.8) is 0 Å². The number of ether oxygens (including phenoxy) is 2. The van der Waals surface area contributed by atoms with Crippen molar-refractivity contribution in [2.75, 3.05) is 19.6 Å². The van der Waals surface area contributed by atoms with Gasteiger partial charge in [-0.2, -0.15) is 5.10 Å². The van der Waals surface area contributed by atoms with Crippen LogP contribution in [-0.2, 0) is 9.47 Å². The Morgan fingerprint density at radius 2 is 1.58 bits per heavy atom. The second-order valence-corrected chi connectivity index (χ2v) is 5.59. The predicted molar refractivity (Wildman–Crippen MR) is 101 cm³/mol. The highest BCUT2D eigenvalue weighted by molar-refractivity contribution is 6.04. The van der Waals surface area contributed by atoms with E-state index in [-0.39, 0.29) is 11.1 Å². The summed E-state index contributed by atoms with van der Waals surface area (Å²) >= 11 is 0. The van der Waals surface area contributed by atoms with E-state index >= 15 is 0 Å². The monoisotopic (exact) mass is 354 g/mol. The lowest BCUT2D eigenvalue weighted by molar-refractivity contribution is 0.0555. The minimum absolute atomic E-state index is 0.125. The van der Waals surface area contributed by atoms with Gasteiger partial charge >= 0.3 is 11.9 Å². The van der Waals surface area contributed by atoms with Gasteiger partial charge in [-0.1, -0.05) is 37.3 Å². The van der Waals surface area contributed by atoms with E-state index in [1.807, 2.05) is 44.2 Å². The van der Waals surface area contributed by atoms with Crippen molar-refractivity contribution in [3.8, 4) is 0 Å². The fraction of sp³-hybridized carbons (Fsp3) is 0.250. The van der Waals surface area contributed by atoms with Crippen molar-refractivity contribution in [1.29, 1.82) is 0 Å². The van der Waals surface area contributed by atoms with Gasteiger partial charge in [0.25, 0.3) is 0 Å². The zero-order chi connectivity index (χ0) is 19.1. The van der Waals surface area contributed by atoms with Crippen molar-refractivity contribution in [3.05, 3.63) is 64.7 Å². The number of carbonyl (C=O) groups excluding carboxylic acids is 2. The molecule has 2 aromatic carbocycles. The largest absolute Gasteiger partial charge is 0.465 e. The van der Waals surface area contributed by atoms with Crippen LogP contribution in [-0.4, -0.2) is 31.9 Å². The van der Waals surface area contributed by atoms with Gasteiger partial charge in [0.1, 0.15) is 0 Å². The minimum Gasteiger partial charge on any atom is -0.465 e. The first-order valence-corrected chi connectivity index (χ1v) is 8.21. The number of benzene rings is 2. The van der Waals surface area contributed by atoms with Crippen LogP contribution in [0.4, 0.5) is 5.69 Å². The quantitative estimate of drug-likeness (QED) is 0.485. The Balaban J connectivity index is 2.42. The minimum atomic E-state index is -0.615. The molecule has 26 heavy (non-hydrogen) atoms. The maximum atomic E-state index is 12.0. The van der Waals surface area contributed by atoms with Crippen LogP contribution < -0.4 is 5.43 Å². The molecule has 0 aliphatic rings. The van der Waals surface area contributed by atoms with Crippen LogP contribution in [0.5, 0.6) is 0 Å². The van der Waals surface area contributed by atoms with Crippen molar-refractivity contribution < 1.29 is 19.1 Å². The number of hydrazone groups is 1. The molecule has 0 amide bonds. The van der Waals surface area contributed by atoms with Gasteiger partial charge in [-0.25, -0.2) is 9.59 Å². The number of rotatable bonds is 6. The van der Waals surface area contributed by atoms with E-state index in [0.29, 0.717) is 5.69 Å². The zero-order valence-electron chi connectivity index (χ0n) is 15.3. The molecule has 0 unspecified atom stereocenters. The summed E-state index contributed by atoms with van der Waals surface area (Å²) in [6.07, 6.45) is 0.736. The van der Waals surface area contributed by atoms with Crippen LogP contribution in [0.25, 0.3) is 0 Å². The molecule has 0 atom stereocenters. The van der Waals surface area contributed by atoms with Crippen molar-refractivity contribution in [1.82, 2.24) is 0 Å². The third-order valence-corrected chi connectivity index (χ3v) is 3.93. The highest BCUT2D eigenvalue weighted by Crippen LogP contribution is 2.23. The zero-order valence-corrected chi connectivity index (χ0v) is 15.3. The van der Waals surface area contributed by atoms with E-state index in [2.05, 4.69) is 10.5 Å². The van der Waals surface area contributed by atoms with Gasteiger partial charge in [0.05, 0.1) is 36.7 Å². The van der Waals surface area contributed by atoms with Crippen LogP contribution in [0.2, 0.25) is 0 Å². The first kappa shape index (κ1) is 19.2. The summed E-state index contributed by atoms with van der Waals surface area (Å²) < 4.78 is 9.52. The molecule has 2 rings (SSSR count). The Bertz CT molecular complexity index is 829. The van der Waals surface area contributed by atoms with Crippen molar-refractivity contribution in [2.24, 2.45) is 5.10 Å². The van der Waals surface area contributed by atoms with Gasteiger partial charge in [-0.05, 0) is 36.6 Å². The van der Waals surface area contributed by atoms with Crippen molar-refractivity contribution in [2.45, 2.75) is 20.3 Å². The summed E-state index contributed by atoms with van der Waals surface area (Å²) in [5.41, 5.74) is 6.53. The molecule has 0 aliphatic heterocycles. The lowest BCUT2D eigenvalue weighted by atomic mass is 10.0. The number of anilines is 1. The highest BCUT2D eigenvalue weighted by Gasteiger charge is 2.20. The molecule has 6 heteroatoms. The molecule has 6 nitrogen and oxygen atoms in total. The lowest BCUT2D eigenvalue weighted by Crippen LogP contribution is -2.13. The lowest BCUT2D eigenvalue weighted by Gasteiger charge is -2.13. The molecule has 0 saturated carbocycles. The summed E-state index contributed by atoms with van der Waals surface area (Å²) in [6.45, 7) is 3.83. The van der Waals surface area contributed by atoms with Gasteiger partial charge in [0.2, 0.25) is 0 Å². The number of hydrogen-bond donors (Lipinski definition) is 1. The highest BCUT2D eigenvalue weighted by atomic mass is 16.5. The van der Waals surface area contributed by atoms with E-state index in [4.69, 9.17) is 9.47 Å². The summed E-state index contributed by atoms with van der Waals surface area (Å²) in [5.74, 6) is -1.21. The first-order chi connectivity index (χ1) is 12.5. The van der Waals surface area contributed by atoms with Gasteiger partial charge in [-0.3, -0.25) is 5.43 Å². The van der Waals surface area contributed by atoms with E-state index < -0.39 is 11.9 Å². The number of esters is 2. The summed E-state index contributed by atoms with van der Waals surface area (Å²) in [7, 11) is 2.53. The summed E-state index contributed by atoms with van der Waals surface area (Å²) in [6, 6.07) is 13.0. The third kappa shape index (κ3) is 4.27. The molecule has 0 bridgehead atoms. The molecular formula is C20H22N2O4. The molecule has 136 valence electrons. The molecule has 0 heterocycles. The number of nitrogens with one attached hydrogen (secondary N) is 1. The Kier molecular flexibility index (Phi) is 6.49. The number of carbonyl (C=O) groups is 2. The SMILES string of the molecule is CCC(=NNc1cc(C(=O)OC)c(C(=O)OC)cc1C)c1ccccc1. The van der Waals surface area contributed by atoms with Gasteiger partial charge in [-0.15, -0.1) is 0 Å². The van der Waals surface area contributed by atoms with E-state index in [9.17, 15) is 9.59 Å². The van der Waals surface area contributed by atoms with Gasteiger partial charge in [0.15, 0.2) is 0 Å². The number of methoxy groups -OCH3 is 2. The maximum Gasteiger partial charge on any atom is 0.338 e. The fourth-order valence-electron chi connectivity index (χ4n) is 2.49. The normalized spacial score (nSPS) is 11.0. The Morgan fingerprint density at radius 1 is 1.00 bits per heavy atom. The molecule has 0 fully saturated rings. The molecule has 0 radical (unpaired) electrons. The average molecular weight is 354 g/mol. The van der Waals surface area contributed by atoms with E-state index in [0.717, 1.165) is 23.3 Å². The Labute approximate surface area is 152 Å². The van der Waals surface area contributed by atoms with E-state index in [1.165, 1.54) is 14.2 Å². The van der Waals surface area contributed by atoms with Gasteiger partial charge < -0.3 is 9.47 Å². The second kappa shape index (κ2) is 8.80. The standard InChI is InChI=1S/C20H22N2O4/c1-5-17(14-9-7-6-8-10-14)21-22-18-12-16(20(24)26-4)15(11-13(18)2)19(23)25-3/h6-12,22H,5H2,1-4H3. The van der Waals surface area contributed by atoms with Gasteiger partial charge in [0, 0.05) is 0 Å². The Hall–Kier alpha value is -3.15. The van der Waals surface area contributed by atoms with Crippen LogP contribution in [0.15, 0.2) is 47.6 Å². The maximum absolute atomic E-state index is 12.0. The molecule has 0 spiro atoms. The summed E-state index contributed by atoms with van der Waals surface area (Å²) in [5, 5.41) is 4.46. The van der Waals surface area contributed by atoms with Crippen molar-refractivity contribution >= 4 is 23.3 Å². The van der Waals surface area contributed by atoms with Crippen LogP contribution in [0.1, 0.15) is 45.2 Å². The third-order valence-electron chi connectivity index (χ3n) is 3.93. The number of hydrogen-bond acceptors (Lipinski definition) is 6. The predicted octanol–water partition coefficient (Wildman–Crippen LogP) is 3.79. The second-order valence-electron chi connectivity index (χ2n) is 5.59. The molecule has 2 aromatic rings. The smallest absolute Gasteiger partial charge is 0.338 e. The van der Waals surface area contributed by atoms with Crippen LogP contribution in [0.3, 0.4) is 0 Å².